The predicted molar refractivity (Wildman–Crippen MR) is 121 cm³/mol. The zero-order valence-corrected chi connectivity index (χ0v) is 20.4. The molecule has 5 unspecified atom stereocenters. The number of carbonyl (C=O) groups excluding carboxylic acids is 3. The molecule has 3 aliphatic carbocycles. The average Bonchev–Trinajstić information content (AvgIpc) is 3.56. The lowest BCUT2D eigenvalue weighted by Crippen LogP contribution is -2.59. The van der Waals surface area contributed by atoms with Crippen LogP contribution in [0.25, 0.3) is 0 Å². The minimum Gasteiger partial charge on any atom is -0.479 e. The van der Waals surface area contributed by atoms with Gasteiger partial charge in [-0.15, -0.1) is 0 Å². The van der Waals surface area contributed by atoms with Gasteiger partial charge < -0.3 is 30.5 Å². The fourth-order valence-corrected chi connectivity index (χ4v) is 5.77. The lowest BCUT2D eigenvalue weighted by molar-refractivity contribution is -0.146. The summed E-state index contributed by atoms with van der Waals surface area (Å²) < 4.78 is 5.56. The van der Waals surface area contributed by atoms with Crippen molar-refractivity contribution in [3.63, 3.8) is 0 Å². The van der Waals surface area contributed by atoms with Crippen LogP contribution in [0.3, 0.4) is 0 Å². The molecule has 0 aromatic heterocycles. The molecule has 1 aliphatic heterocycles. The zero-order chi connectivity index (χ0) is 25.0. The predicted octanol–water partition coefficient (Wildman–Crippen LogP) is 1.26. The number of aliphatic hydroxyl groups is 1. The van der Waals surface area contributed by atoms with E-state index in [0.29, 0.717) is 24.7 Å². The minimum absolute atomic E-state index is 0.0101. The SMILES string of the molecule is CCC1C[C@]1(NC(=O)C1C[C@@H](O)CN1C(=O)C(NC(=O)OC1CC2CC2C1)C(C)(C)C)C(=O)O. The molecule has 0 bridgehead atoms. The Morgan fingerprint density at radius 1 is 1.12 bits per heavy atom. The van der Waals surface area contributed by atoms with Crippen LogP contribution in [0.15, 0.2) is 0 Å². The quantitative estimate of drug-likeness (QED) is 0.430. The lowest BCUT2D eigenvalue weighted by atomic mass is 9.85. The Morgan fingerprint density at radius 3 is 2.29 bits per heavy atom. The summed E-state index contributed by atoms with van der Waals surface area (Å²) in [5.74, 6) is -1.05. The molecule has 0 radical (unpaired) electrons. The number of alkyl carbamates (subject to hydrolysis) is 1. The number of carboxylic acids is 1. The van der Waals surface area contributed by atoms with Gasteiger partial charge in [0.25, 0.3) is 0 Å². The van der Waals surface area contributed by atoms with Crippen LogP contribution in [-0.2, 0) is 19.1 Å². The minimum atomic E-state index is -1.32. The normalized spacial score (nSPS) is 36.9. The van der Waals surface area contributed by atoms with Gasteiger partial charge in [0, 0.05) is 13.0 Å². The first-order valence-corrected chi connectivity index (χ1v) is 12.4. The van der Waals surface area contributed by atoms with Gasteiger partial charge in [0.15, 0.2) is 0 Å². The molecule has 34 heavy (non-hydrogen) atoms. The number of rotatable bonds is 7. The van der Waals surface area contributed by atoms with Crippen molar-refractivity contribution in [2.24, 2.45) is 23.2 Å². The maximum absolute atomic E-state index is 13.6. The molecular formula is C24H37N3O7. The third kappa shape index (κ3) is 4.74. The highest BCUT2D eigenvalue weighted by molar-refractivity contribution is 5.96. The number of aliphatic carboxylic acids is 1. The number of ether oxygens (including phenoxy) is 1. The summed E-state index contributed by atoms with van der Waals surface area (Å²) in [6, 6.07) is -1.99. The Labute approximate surface area is 199 Å². The van der Waals surface area contributed by atoms with E-state index in [1.807, 2.05) is 6.92 Å². The van der Waals surface area contributed by atoms with Crippen molar-refractivity contribution in [2.75, 3.05) is 6.54 Å². The number of amides is 3. The van der Waals surface area contributed by atoms with E-state index in [9.17, 15) is 29.4 Å². The summed E-state index contributed by atoms with van der Waals surface area (Å²) in [5, 5.41) is 25.3. The maximum Gasteiger partial charge on any atom is 0.408 e. The first-order chi connectivity index (χ1) is 15.9. The average molecular weight is 480 g/mol. The third-order valence-corrected chi connectivity index (χ3v) is 8.04. The van der Waals surface area contributed by atoms with Crippen molar-refractivity contribution in [3.05, 3.63) is 0 Å². The Morgan fingerprint density at radius 2 is 1.76 bits per heavy atom. The zero-order valence-electron chi connectivity index (χ0n) is 20.4. The second kappa shape index (κ2) is 8.70. The Hall–Kier alpha value is -2.36. The van der Waals surface area contributed by atoms with Gasteiger partial charge in [-0.1, -0.05) is 34.1 Å². The van der Waals surface area contributed by atoms with Gasteiger partial charge in [-0.05, 0) is 48.9 Å². The fourth-order valence-electron chi connectivity index (χ4n) is 5.77. The van der Waals surface area contributed by atoms with Gasteiger partial charge in [0.2, 0.25) is 11.8 Å². The van der Waals surface area contributed by atoms with Crippen LogP contribution in [0, 0.1) is 23.2 Å². The maximum atomic E-state index is 13.6. The van der Waals surface area contributed by atoms with Crippen LogP contribution in [0.2, 0.25) is 0 Å². The number of fused-ring (bicyclic) bond motifs is 1. The summed E-state index contributed by atoms with van der Waals surface area (Å²) in [4.78, 5) is 52.3. The van der Waals surface area contributed by atoms with Crippen LogP contribution in [0.4, 0.5) is 4.79 Å². The second-order valence-electron chi connectivity index (χ2n) is 11.7. The van der Waals surface area contributed by atoms with Crippen LogP contribution in [0.5, 0.6) is 0 Å². The highest BCUT2D eigenvalue weighted by Gasteiger charge is 2.61. The summed E-state index contributed by atoms with van der Waals surface area (Å²) in [6.07, 6.45) is 2.17. The van der Waals surface area contributed by atoms with Gasteiger partial charge in [-0.2, -0.15) is 0 Å². The molecule has 3 saturated carbocycles. The van der Waals surface area contributed by atoms with Crippen molar-refractivity contribution in [3.8, 4) is 0 Å². The molecule has 4 N–H and O–H groups in total. The van der Waals surface area contributed by atoms with Gasteiger partial charge in [-0.25, -0.2) is 9.59 Å². The van der Waals surface area contributed by atoms with E-state index < -0.39 is 53.0 Å². The van der Waals surface area contributed by atoms with Gasteiger partial charge in [0.1, 0.15) is 23.7 Å². The molecule has 0 aromatic carbocycles. The molecule has 190 valence electrons. The van der Waals surface area contributed by atoms with Gasteiger partial charge in [0.05, 0.1) is 6.10 Å². The molecule has 4 fully saturated rings. The smallest absolute Gasteiger partial charge is 0.408 e. The number of β-amino-alcohol motifs (C(OH)–C–C–N with tert-alkyl or cyclic N) is 1. The number of carbonyl (C=O) groups is 4. The highest BCUT2D eigenvalue weighted by atomic mass is 16.6. The molecule has 10 heteroatoms. The molecule has 1 heterocycles. The fraction of sp³-hybridized carbons (Fsp3) is 0.833. The van der Waals surface area contributed by atoms with E-state index in [4.69, 9.17) is 4.74 Å². The molecule has 7 atom stereocenters. The van der Waals surface area contributed by atoms with Crippen molar-refractivity contribution in [2.45, 2.75) is 96.1 Å². The van der Waals surface area contributed by atoms with E-state index in [-0.39, 0.29) is 25.0 Å². The largest absolute Gasteiger partial charge is 0.479 e. The summed E-state index contributed by atoms with van der Waals surface area (Å²) in [6.45, 7) is 7.21. The van der Waals surface area contributed by atoms with Crippen molar-refractivity contribution in [1.29, 1.82) is 0 Å². The molecular weight excluding hydrogens is 442 g/mol. The highest BCUT2D eigenvalue weighted by Crippen LogP contribution is 2.52. The molecule has 3 amide bonds. The van der Waals surface area contributed by atoms with Gasteiger partial charge in [-0.3, -0.25) is 9.59 Å². The van der Waals surface area contributed by atoms with Crippen molar-refractivity contribution in [1.82, 2.24) is 15.5 Å². The monoisotopic (exact) mass is 479 g/mol. The molecule has 10 nitrogen and oxygen atoms in total. The number of nitrogens with one attached hydrogen (secondary N) is 2. The molecule has 4 rings (SSSR count). The Bertz CT molecular complexity index is 861. The third-order valence-electron chi connectivity index (χ3n) is 8.04. The van der Waals surface area contributed by atoms with Crippen LogP contribution < -0.4 is 10.6 Å². The Balaban J connectivity index is 1.44. The van der Waals surface area contributed by atoms with E-state index in [1.54, 1.807) is 20.8 Å². The number of nitrogens with zero attached hydrogens (tertiary/aromatic N) is 1. The molecule has 0 spiro atoms. The van der Waals surface area contributed by atoms with Crippen molar-refractivity contribution >= 4 is 23.9 Å². The Kier molecular flexibility index (Phi) is 6.33. The van der Waals surface area contributed by atoms with Crippen LogP contribution in [-0.4, -0.2) is 75.4 Å². The summed E-state index contributed by atoms with van der Waals surface area (Å²) in [5.41, 5.74) is -2.00. The molecule has 4 aliphatic rings. The summed E-state index contributed by atoms with van der Waals surface area (Å²) in [7, 11) is 0. The first kappa shape index (κ1) is 24.8. The molecule has 0 aromatic rings. The number of aliphatic hydroxyl groups excluding tert-OH is 1. The second-order valence-corrected chi connectivity index (χ2v) is 11.7. The van der Waals surface area contributed by atoms with Crippen molar-refractivity contribution < 1.29 is 34.1 Å². The summed E-state index contributed by atoms with van der Waals surface area (Å²) >= 11 is 0. The number of hydrogen-bond donors (Lipinski definition) is 4. The molecule has 1 saturated heterocycles. The number of hydrogen-bond acceptors (Lipinski definition) is 6. The van der Waals surface area contributed by atoms with E-state index in [1.165, 1.54) is 11.3 Å². The van der Waals surface area contributed by atoms with Crippen LogP contribution in [0.1, 0.15) is 66.2 Å². The van der Waals surface area contributed by atoms with E-state index in [2.05, 4.69) is 10.6 Å². The van der Waals surface area contributed by atoms with E-state index in [0.717, 1.165) is 12.8 Å². The van der Waals surface area contributed by atoms with E-state index >= 15 is 0 Å². The standard InChI is InChI=1S/C24H37N3O7/c1-5-14-10-24(14,21(31)32)26-19(29)17-9-15(28)11-27(17)20(30)18(23(2,3)4)25-22(33)34-16-7-12-6-13(12)8-16/h12-18,28H,5-11H2,1-4H3,(H,25,33)(H,26,29)(H,31,32)/t12?,13?,14?,15-,16?,17?,18?,24-/m1/s1. The number of carboxylic acid groups (broad SMARTS) is 1. The lowest BCUT2D eigenvalue weighted by Gasteiger charge is -2.35. The van der Waals surface area contributed by atoms with Gasteiger partial charge >= 0.3 is 12.1 Å². The topological polar surface area (TPSA) is 145 Å². The first-order valence-electron chi connectivity index (χ1n) is 12.4. The van der Waals surface area contributed by atoms with Crippen LogP contribution >= 0.6 is 0 Å². The number of likely N-dealkylation sites (tertiary alicyclic amines) is 1.